The molecule has 0 aliphatic heterocycles. The first-order chi connectivity index (χ1) is 15.0. The summed E-state index contributed by atoms with van der Waals surface area (Å²) in [6.45, 7) is 0. The van der Waals surface area contributed by atoms with Crippen LogP contribution in [-0.2, 0) is 6.18 Å². The van der Waals surface area contributed by atoms with E-state index in [1.807, 2.05) is 16.7 Å². The van der Waals surface area contributed by atoms with Gasteiger partial charge in [-0.2, -0.15) is 13.2 Å². The Morgan fingerprint density at radius 2 is 1.52 bits per heavy atom. The molecule has 0 radical (unpaired) electrons. The van der Waals surface area contributed by atoms with Crippen LogP contribution in [0, 0.1) is 0 Å². The third-order valence-electron chi connectivity index (χ3n) is 4.64. The quantitative estimate of drug-likeness (QED) is 0.415. The van der Waals surface area contributed by atoms with Gasteiger partial charge < -0.3 is 0 Å². The molecule has 0 N–H and O–H groups in total. The highest BCUT2D eigenvalue weighted by atomic mass is 32.2. The maximum absolute atomic E-state index is 13.5. The molecule has 0 unspecified atom stereocenters. The van der Waals surface area contributed by atoms with Gasteiger partial charge in [0.25, 0.3) is 0 Å². The van der Waals surface area contributed by atoms with Crippen LogP contribution in [0.1, 0.15) is 24.6 Å². The first-order valence-electron chi connectivity index (χ1n) is 9.39. The first-order valence-corrected chi connectivity index (χ1v) is 10.2. The Labute approximate surface area is 178 Å². The maximum Gasteiger partial charge on any atom is 0.433 e. The van der Waals surface area contributed by atoms with Gasteiger partial charge in [-0.1, -0.05) is 0 Å². The van der Waals surface area contributed by atoms with Gasteiger partial charge in [-0.15, -0.1) is 10.2 Å². The molecule has 0 aromatic carbocycles. The lowest BCUT2D eigenvalue weighted by Crippen LogP contribution is -2.10. The molecule has 0 atom stereocenters. The molecular weight excluding hydrogens is 427 g/mol. The number of rotatable bonds is 5. The lowest BCUT2D eigenvalue weighted by Gasteiger charge is -2.11. The fourth-order valence-electron chi connectivity index (χ4n) is 3.05. The van der Waals surface area contributed by atoms with Crippen LogP contribution in [0.4, 0.5) is 13.2 Å². The van der Waals surface area contributed by atoms with Crippen molar-refractivity contribution in [2.75, 3.05) is 0 Å². The summed E-state index contributed by atoms with van der Waals surface area (Å²) >= 11 is 1.04. The van der Waals surface area contributed by atoms with Crippen molar-refractivity contribution in [1.82, 2.24) is 34.7 Å². The number of aromatic nitrogens is 7. The van der Waals surface area contributed by atoms with E-state index in [1.165, 1.54) is 12.4 Å². The van der Waals surface area contributed by atoms with Gasteiger partial charge in [0.05, 0.1) is 0 Å². The molecule has 156 valence electrons. The molecular formula is C20H14F3N7S. The normalized spacial score (nSPS) is 14.0. The van der Waals surface area contributed by atoms with Gasteiger partial charge in [0.2, 0.25) is 0 Å². The number of nitrogens with zero attached hydrogens (tertiary/aromatic N) is 7. The van der Waals surface area contributed by atoms with Crippen molar-refractivity contribution in [2.24, 2.45) is 0 Å². The summed E-state index contributed by atoms with van der Waals surface area (Å²) in [5.41, 5.74) is 0.283. The molecule has 1 fully saturated rings. The third-order valence-corrected chi connectivity index (χ3v) is 5.52. The second-order valence-corrected chi connectivity index (χ2v) is 7.88. The van der Waals surface area contributed by atoms with Crippen molar-refractivity contribution in [3.63, 3.8) is 0 Å². The summed E-state index contributed by atoms with van der Waals surface area (Å²) in [6.07, 6.45) is 3.61. The van der Waals surface area contributed by atoms with Crippen LogP contribution in [0.5, 0.6) is 0 Å². The Kier molecular flexibility index (Phi) is 4.89. The minimum absolute atomic E-state index is 0.0217. The second kappa shape index (κ2) is 7.73. The highest BCUT2D eigenvalue weighted by Crippen LogP contribution is 2.42. The van der Waals surface area contributed by atoms with Gasteiger partial charge in [0, 0.05) is 48.0 Å². The van der Waals surface area contributed by atoms with E-state index in [0.717, 1.165) is 36.2 Å². The average Bonchev–Trinajstić information content (AvgIpc) is 3.54. The molecule has 11 heteroatoms. The molecule has 5 rings (SSSR count). The summed E-state index contributed by atoms with van der Waals surface area (Å²) in [6, 6.07) is 7.93. The fourth-order valence-corrected chi connectivity index (χ4v) is 3.96. The van der Waals surface area contributed by atoms with E-state index < -0.39 is 11.9 Å². The highest BCUT2D eigenvalue weighted by Gasteiger charge is 2.35. The van der Waals surface area contributed by atoms with Crippen molar-refractivity contribution in [1.29, 1.82) is 0 Å². The average molecular weight is 441 g/mol. The van der Waals surface area contributed by atoms with Crippen molar-refractivity contribution in [3.05, 3.63) is 60.8 Å². The van der Waals surface area contributed by atoms with Crippen LogP contribution in [0.3, 0.4) is 0 Å². The van der Waals surface area contributed by atoms with Crippen LogP contribution >= 0.6 is 11.8 Å². The van der Waals surface area contributed by atoms with Crippen LogP contribution in [0.2, 0.25) is 0 Å². The Balaban J connectivity index is 1.57. The van der Waals surface area contributed by atoms with Gasteiger partial charge >= 0.3 is 6.18 Å². The third kappa shape index (κ3) is 4.13. The summed E-state index contributed by atoms with van der Waals surface area (Å²) in [4.78, 5) is 16.0. The summed E-state index contributed by atoms with van der Waals surface area (Å²) in [5, 5.41) is 9.16. The van der Waals surface area contributed by atoms with E-state index in [9.17, 15) is 13.2 Å². The zero-order chi connectivity index (χ0) is 21.4. The number of pyridine rings is 2. The van der Waals surface area contributed by atoms with E-state index in [1.54, 1.807) is 24.5 Å². The Morgan fingerprint density at radius 1 is 0.871 bits per heavy atom. The van der Waals surface area contributed by atoms with Gasteiger partial charge in [-0.25, -0.2) is 9.97 Å². The predicted octanol–water partition coefficient (Wildman–Crippen LogP) is 4.70. The van der Waals surface area contributed by atoms with Gasteiger partial charge in [-0.05, 0) is 48.9 Å². The second-order valence-electron chi connectivity index (χ2n) is 6.89. The molecule has 0 saturated heterocycles. The van der Waals surface area contributed by atoms with Crippen LogP contribution in [-0.4, -0.2) is 34.7 Å². The molecule has 0 spiro atoms. The molecule has 0 bridgehead atoms. The molecule has 1 saturated carbocycles. The standard InChI is InChI=1S/C20H14F3N7S/c21-20(22,23)15-11-16(27-17(26-15)12-3-7-24-8-4-12)31-19-29-28-18(30(19)14-1-2-14)13-5-9-25-10-6-13/h3-11,14H,1-2H2. The maximum atomic E-state index is 13.5. The lowest BCUT2D eigenvalue weighted by molar-refractivity contribution is -0.141. The largest absolute Gasteiger partial charge is 0.433 e. The van der Waals surface area contributed by atoms with E-state index in [4.69, 9.17) is 0 Å². The van der Waals surface area contributed by atoms with Crippen molar-refractivity contribution in [2.45, 2.75) is 35.2 Å². The SMILES string of the molecule is FC(F)(F)c1cc(Sc2nnc(-c3ccncc3)n2C2CC2)nc(-c2ccncc2)n1. The van der Waals surface area contributed by atoms with Gasteiger partial charge in [-0.3, -0.25) is 14.5 Å². The number of hydrogen-bond donors (Lipinski definition) is 0. The summed E-state index contributed by atoms with van der Waals surface area (Å²) in [5.74, 6) is 0.637. The van der Waals surface area contributed by atoms with Gasteiger partial charge in [0.15, 0.2) is 16.8 Å². The molecule has 4 heterocycles. The summed E-state index contributed by atoms with van der Waals surface area (Å²) in [7, 11) is 0. The van der Waals surface area contributed by atoms with E-state index >= 15 is 0 Å². The lowest BCUT2D eigenvalue weighted by atomic mass is 10.2. The smallest absolute Gasteiger partial charge is 0.299 e. The molecule has 4 aromatic rings. The van der Waals surface area contributed by atoms with Crippen molar-refractivity contribution >= 4 is 11.8 Å². The Hall–Kier alpha value is -3.34. The molecule has 31 heavy (non-hydrogen) atoms. The van der Waals surface area contributed by atoms with Crippen LogP contribution < -0.4 is 0 Å². The van der Waals surface area contributed by atoms with Crippen molar-refractivity contribution < 1.29 is 13.2 Å². The molecule has 1 aliphatic rings. The molecule has 4 aromatic heterocycles. The molecule has 0 amide bonds. The van der Waals surface area contributed by atoms with E-state index in [0.29, 0.717) is 16.5 Å². The van der Waals surface area contributed by atoms with E-state index in [2.05, 4.69) is 30.1 Å². The number of alkyl halides is 3. The Morgan fingerprint density at radius 3 is 2.13 bits per heavy atom. The number of hydrogen-bond acceptors (Lipinski definition) is 7. The predicted molar refractivity (Wildman–Crippen MR) is 106 cm³/mol. The molecule has 1 aliphatic carbocycles. The van der Waals surface area contributed by atoms with Crippen molar-refractivity contribution in [3.8, 4) is 22.8 Å². The minimum atomic E-state index is -4.60. The van der Waals surface area contributed by atoms with Crippen LogP contribution in [0.25, 0.3) is 22.8 Å². The zero-order valence-electron chi connectivity index (χ0n) is 15.9. The number of halogens is 3. The van der Waals surface area contributed by atoms with Crippen LogP contribution in [0.15, 0.2) is 65.3 Å². The van der Waals surface area contributed by atoms with E-state index in [-0.39, 0.29) is 16.9 Å². The minimum Gasteiger partial charge on any atom is -0.299 e. The first kappa shape index (κ1) is 19.6. The molecule has 7 nitrogen and oxygen atoms in total. The highest BCUT2D eigenvalue weighted by molar-refractivity contribution is 7.99. The Bertz CT molecular complexity index is 1210. The topological polar surface area (TPSA) is 82.3 Å². The monoisotopic (exact) mass is 441 g/mol. The fraction of sp³-hybridized carbons (Fsp3) is 0.200. The van der Waals surface area contributed by atoms with Gasteiger partial charge in [0.1, 0.15) is 10.7 Å². The zero-order valence-corrected chi connectivity index (χ0v) is 16.7. The summed E-state index contributed by atoms with van der Waals surface area (Å²) < 4.78 is 42.4.